The van der Waals surface area contributed by atoms with Crippen molar-refractivity contribution in [2.24, 2.45) is 5.73 Å². The summed E-state index contributed by atoms with van der Waals surface area (Å²) in [7, 11) is 2.09. The fraction of sp³-hybridized carbons (Fsp3) is 0.500. The minimum atomic E-state index is 0.385. The molecule has 0 saturated carbocycles. The lowest BCUT2D eigenvalue weighted by molar-refractivity contribution is 0.695. The van der Waals surface area contributed by atoms with E-state index in [1.54, 1.807) is 0 Å². The minimum Gasteiger partial charge on any atom is -0.371 e. The molecule has 1 unspecified atom stereocenters. The summed E-state index contributed by atoms with van der Waals surface area (Å²) in [4.78, 5) is 2.22. The number of hydrogen-bond donors (Lipinski definition) is 1. The SMILES string of the molecule is Cc1cc(C)cc(N(C)C(C)CN)c1. The van der Waals surface area contributed by atoms with Gasteiger partial charge in [-0.15, -0.1) is 0 Å². The van der Waals surface area contributed by atoms with Crippen molar-refractivity contribution in [3.63, 3.8) is 0 Å². The van der Waals surface area contributed by atoms with Gasteiger partial charge in [0, 0.05) is 25.3 Å². The second-order valence-corrected chi connectivity index (χ2v) is 4.04. The Labute approximate surface area is 86.7 Å². The van der Waals surface area contributed by atoms with E-state index in [4.69, 9.17) is 5.73 Å². The van der Waals surface area contributed by atoms with Crippen LogP contribution in [0.3, 0.4) is 0 Å². The minimum absolute atomic E-state index is 0.385. The van der Waals surface area contributed by atoms with Crippen molar-refractivity contribution in [1.29, 1.82) is 0 Å². The molecular weight excluding hydrogens is 172 g/mol. The topological polar surface area (TPSA) is 29.3 Å². The molecule has 1 atom stereocenters. The Bertz CT molecular complexity index is 287. The van der Waals surface area contributed by atoms with Crippen LogP contribution in [0.15, 0.2) is 18.2 Å². The van der Waals surface area contributed by atoms with Crippen LogP contribution in [-0.2, 0) is 0 Å². The highest BCUT2D eigenvalue weighted by Gasteiger charge is 2.08. The number of anilines is 1. The van der Waals surface area contributed by atoms with E-state index in [0.717, 1.165) is 0 Å². The van der Waals surface area contributed by atoms with E-state index >= 15 is 0 Å². The molecule has 0 spiro atoms. The summed E-state index contributed by atoms with van der Waals surface area (Å²) in [6.07, 6.45) is 0. The van der Waals surface area contributed by atoms with Gasteiger partial charge in [0.15, 0.2) is 0 Å². The van der Waals surface area contributed by atoms with E-state index in [1.165, 1.54) is 16.8 Å². The van der Waals surface area contributed by atoms with Gasteiger partial charge in [-0.1, -0.05) is 6.07 Å². The average molecular weight is 192 g/mol. The molecule has 1 aromatic rings. The Balaban J connectivity index is 2.94. The van der Waals surface area contributed by atoms with Gasteiger partial charge in [-0.05, 0) is 44.0 Å². The maximum atomic E-state index is 5.64. The van der Waals surface area contributed by atoms with Crippen molar-refractivity contribution in [1.82, 2.24) is 0 Å². The summed E-state index contributed by atoms with van der Waals surface area (Å²) < 4.78 is 0. The van der Waals surface area contributed by atoms with Crippen LogP contribution < -0.4 is 10.6 Å². The van der Waals surface area contributed by atoms with Crippen LogP contribution in [0, 0.1) is 13.8 Å². The van der Waals surface area contributed by atoms with E-state index in [2.05, 4.69) is 50.9 Å². The standard InChI is InChI=1S/C12H20N2/c1-9-5-10(2)7-12(6-9)14(4)11(3)8-13/h5-7,11H,8,13H2,1-4H3. The Hall–Kier alpha value is -1.02. The predicted molar refractivity (Wildman–Crippen MR) is 62.8 cm³/mol. The van der Waals surface area contributed by atoms with Gasteiger partial charge in [-0.3, -0.25) is 0 Å². The first kappa shape index (κ1) is 11.1. The predicted octanol–water partition coefficient (Wildman–Crippen LogP) is 2.09. The van der Waals surface area contributed by atoms with Gasteiger partial charge in [0.05, 0.1) is 0 Å². The van der Waals surface area contributed by atoms with Crippen LogP contribution in [0.25, 0.3) is 0 Å². The highest BCUT2D eigenvalue weighted by molar-refractivity contribution is 5.51. The molecule has 1 rings (SSSR count). The number of nitrogens with two attached hydrogens (primary N) is 1. The Kier molecular flexibility index (Phi) is 3.53. The first-order valence-electron chi connectivity index (χ1n) is 5.05. The van der Waals surface area contributed by atoms with Gasteiger partial charge in [-0.2, -0.15) is 0 Å². The molecule has 0 bridgehead atoms. The maximum absolute atomic E-state index is 5.64. The molecular formula is C12H20N2. The van der Waals surface area contributed by atoms with Crippen molar-refractivity contribution >= 4 is 5.69 Å². The third-order valence-electron chi connectivity index (χ3n) is 2.62. The third-order valence-corrected chi connectivity index (χ3v) is 2.62. The molecule has 0 aliphatic rings. The molecule has 0 aromatic heterocycles. The molecule has 0 aliphatic heterocycles. The highest BCUT2D eigenvalue weighted by atomic mass is 15.1. The molecule has 0 aliphatic carbocycles. The van der Waals surface area contributed by atoms with E-state index in [0.29, 0.717) is 12.6 Å². The number of likely N-dealkylation sites (N-methyl/N-ethyl adjacent to an activating group) is 1. The smallest absolute Gasteiger partial charge is 0.0380 e. The molecule has 0 amide bonds. The van der Waals surface area contributed by atoms with E-state index < -0.39 is 0 Å². The highest BCUT2D eigenvalue weighted by Crippen LogP contribution is 2.18. The Morgan fingerprint density at radius 3 is 2.14 bits per heavy atom. The fourth-order valence-corrected chi connectivity index (χ4v) is 1.57. The van der Waals surface area contributed by atoms with E-state index in [9.17, 15) is 0 Å². The van der Waals surface area contributed by atoms with Gasteiger partial charge in [-0.25, -0.2) is 0 Å². The third kappa shape index (κ3) is 2.48. The maximum Gasteiger partial charge on any atom is 0.0380 e. The fourth-order valence-electron chi connectivity index (χ4n) is 1.57. The summed E-state index contributed by atoms with van der Waals surface area (Å²) in [6.45, 7) is 7.07. The molecule has 0 saturated heterocycles. The Morgan fingerprint density at radius 1 is 1.21 bits per heavy atom. The summed E-state index contributed by atoms with van der Waals surface area (Å²) in [5.41, 5.74) is 9.50. The summed E-state index contributed by atoms with van der Waals surface area (Å²) >= 11 is 0. The lowest BCUT2D eigenvalue weighted by Gasteiger charge is -2.26. The zero-order valence-electron chi connectivity index (χ0n) is 9.54. The monoisotopic (exact) mass is 192 g/mol. The van der Waals surface area contributed by atoms with Gasteiger partial charge in [0.2, 0.25) is 0 Å². The van der Waals surface area contributed by atoms with Crippen molar-refractivity contribution in [2.45, 2.75) is 26.8 Å². The molecule has 0 radical (unpaired) electrons. The number of rotatable bonds is 3. The molecule has 0 heterocycles. The summed E-state index contributed by atoms with van der Waals surface area (Å²) in [5.74, 6) is 0. The number of benzene rings is 1. The van der Waals surface area contributed by atoms with Crippen LogP contribution in [0.4, 0.5) is 5.69 Å². The summed E-state index contributed by atoms with van der Waals surface area (Å²) in [5, 5.41) is 0. The first-order chi connectivity index (χ1) is 6.54. The quantitative estimate of drug-likeness (QED) is 0.794. The Morgan fingerprint density at radius 2 is 1.71 bits per heavy atom. The average Bonchev–Trinajstić information content (AvgIpc) is 2.14. The van der Waals surface area contributed by atoms with Crippen molar-refractivity contribution in [3.8, 4) is 0 Å². The zero-order valence-corrected chi connectivity index (χ0v) is 9.54. The van der Waals surface area contributed by atoms with Gasteiger partial charge >= 0.3 is 0 Å². The number of aryl methyl sites for hydroxylation is 2. The van der Waals surface area contributed by atoms with Crippen LogP contribution in [0.1, 0.15) is 18.1 Å². The molecule has 78 valence electrons. The largest absolute Gasteiger partial charge is 0.371 e. The van der Waals surface area contributed by atoms with Gasteiger partial charge in [0.25, 0.3) is 0 Å². The van der Waals surface area contributed by atoms with Gasteiger partial charge < -0.3 is 10.6 Å². The normalized spacial score (nSPS) is 12.6. The van der Waals surface area contributed by atoms with Gasteiger partial charge in [0.1, 0.15) is 0 Å². The van der Waals surface area contributed by atoms with E-state index in [1.807, 2.05) is 0 Å². The second kappa shape index (κ2) is 4.47. The first-order valence-corrected chi connectivity index (χ1v) is 5.05. The van der Waals surface area contributed by atoms with Crippen LogP contribution >= 0.6 is 0 Å². The number of nitrogens with zero attached hydrogens (tertiary/aromatic N) is 1. The molecule has 0 fully saturated rings. The van der Waals surface area contributed by atoms with Crippen molar-refractivity contribution in [2.75, 3.05) is 18.5 Å². The van der Waals surface area contributed by atoms with E-state index in [-0.39, 0.29) is 0 Å². The summed E-state index contributed by atoms with van der Waals surface area (Å²) in [6, 6.07) is 6.96. The lowest BCUT2D eigenvalue weighted by atomic mass is 10.1. The molecule has 2 heteroatoms. The number of hydrogen-bond acceptors (Lipinski definition) is 2. The molecule has 2 N–H and O–H groups in total. The zero-order chi connectivity index (χ0) is 10.7. The van der Waals surface area contributed by atoms with Crippen LogP contribution in [-0.4, -0.2) is 19.6 Å². The molecule has 14 heavy (non-hydrogen) atoms. The van der Waals surface area contributed by atoms with Crippen LogP contribution in [0.5, 0.6) is 0 Å². The molecule has 2 nitrogen and oxygen atoms in total. The van der Waals surface area contributed by atoms with Crippen molar-refractivity contribution < 1.29 is 0 Å². The molecule has 1 aromatic carbocycles. The second-order valence-electron chi connectivity index (χ2n) is 4.04. The van der Waals surface area contributed by atoms with Crippen molar-refractivity contribution in [3.05, 3.63) is 29.3 Å². The van der Waals surface area contributed by atoms with Crippen LogP contribution in [0.2, 0.25) is 0 Å². The lowest BCUT2D eigenvalue weighted by Crippen LogP contribution is -2.35.